The van der Waals surface area contributed by atoms with Crippen LogP contribution in [-0.4, -0.2) is 32.7 Å². The molecule has 2 heterocycles. The number of aromatic nitrogens is 1. The van der Waals surface area contributed by atoms with Crippen molar-refractivity contribution in [1.82, 2.24) is 4.98 Å². The second kappa shape index (κ2) is 8.29. The number of aliphatic hydroxyl groups excluding tert-OH is 1. The fraction of sp³-hybridized carbons (Fsp3) is 0.200. The Kier molecular flexibility index (Phi) is 5.63. The van der Waals surface area contributed by atoms with E-state index in [1.165, 1.54) is 24.0 Å². The van der Waals surface area contributed by atoms with E-state index in [0.717, 1.165) is 16.9 Å². The summed E-state index contributed by atoms with van der Waals surface area (Å²) >= 11 is 1.03. The fourth-order valence-electron chi connectivity index (χ4n) is 3.94. The lowest BCUT2D eigenvalue weighted by Crippen LogP contribution is -2.31. The standard InChI is InChI=1S/C25H22N2O5S/c1-12-5-6-13(2)18(11-12)21(30)19-20(16-7-9-17(29)10-8-16)27(24(32)22(19)31)25-26-14(3)23(33-25)15(4)28/h5-11,20,29,31H,1-4H3. The number of ketones is 2. The second-order valence-corrected chi connectivity index (χ2v) is 9.02. The largest absolute Gasteiger partial charge is 0.508 e. The van der Waals surface area contributed by atoms with Gasteiger partial charge in [0, 0.05) is 12.5 Å². The molecule has 1 aromatic heterocycles. The van der Waals surface area contributed by atoms with Crippen molar-refractivity contribution in [2.24, 2.45) is 0 Å². The monoisotopic (exact) mass is 462 g/mol. The van der Waals surface area contributed by atoms with E-state index >= 15 is 0 Å². The number of phenols is 1. The Morgan fingerprint density at radius 3 is 2.30 bits per heavy atom. The first-order chi connectivity index (χ1) is 15.6. The zero-order valence-electron chi connectivity index (χ0n) is 18.5. The van der Waals surface area contributed by atoms with Gasteiger partial charge in [-0.1, -0.05) is 41.2 Å². The summed E-state index contributed by atoms with van der Waals surface area (Å²) in [6.07, 6.45) is 0. The van der Waals surface area contributed by atoms with Crippen LogP contribution in [0.1, 0.15) is 55.4 Å². The van der Waals surface area contributed by atoms with Crippen LogP contribution in [0.25, 0.3) is 0 Å². The van der Waals surface area contributed by atoms with Gasteiger partial charge in [0.1, 0.15) is 5.75 Å². The van der Waals surface area contributed by atoms with Crippen LogP contribution in [0.4, 0.5) is 5.13 Å². The number of phenolic OH excluding ortho intramolecular Hbond substituents is 1. The lowest BCUT2D eigenvalue weighted by molar-refractivity contribution is -0.117. The van der Waals surface area contributed by atoms with Gasteiger partial charge >= 0.3 is 0 Å². The summed E-state index contributed by atoms with van der Waals surface area (Å²) in [6, 6.07) is 10.5. The maximum absolute atomic E-state index is 13.7. The van der Waals surface area contributed by atoms with E-state index in [4.69, 9.17) is 0 Å². The second-order valence-electron chi connectivity index (χ2n) is 8.05. The molecule has 8 heteroatoms. The summed E-state index contributed by atoms with van der Waals surface area (Å²) in [5.74, 6) is -2.06. The number of nitrogens with zero attached hydrogens (tertiary/aromatic N) is 2. The Hall–Kier alpha value is -3.78. The highest BCUT2D eigenvalue weighted by Gasteiger charge is 2.46. The van der Waals surface area contributed by atoms with Crippen molar-refractivity contribution in [3.05, 3.63) is 86.6 Å². The van der Waals surface area contributed by atoms with Crippen LogP contribution < -0.4 is 4.90 Å². The fourth-order valence-corrected chi connectivity index (χ4v) is 4.93. The smallest absolute Gasteiger partial charge is 0.296 e. The van der Waals surface area contributed by atoms with Gasteiger partial charge in [-0.2, -0.15) is 0 Å². The highest BCUT2D eigenvalue weighted by molar-refractivity contribution is 7.17. The highest BCUT2D eigenvalue weighted by atomic mass is 32.1. The molecule has 0 saturated heterocycles. The van der Waals surface area contributed by atoms with E-state index in [9.17, 15) is 24.6 Å². The van der Waals surface area contributed by atoms with Crippen molar-refractivity contribution in [3.63, 3.8) is 0 Å². The van der Waals surface area contributed by atoms with Gasteiger partial charge in [0.15, 0.2) is 22.5 Å². The van der Waals surface area contributed by atoms with Crippen molar-refractivity contribution >= 4 is 33.9 Å². The number of aryl methyl sites for hydroxylation is 3. The number of thiazole rings is 1. The number of carbonyl (C=O) groups is 3. The van der Waals surface area contributed by atoms with Crippen LogP contribution >= 0.6 is 11.3 Å². The molecule has 1 atom stereocenters. The predicted molar refractivity (Wildman–Crippen MR) is 125 cm³/mol. The molecule has 168 valence electrons. The van der Waals surface area contributed by atoms with Crippen LogP contribution in [0.3, 0.4) is 0 Å². The lowest BCUT2D eigenvalue weighted by Gasteiger charge is -2.24. The molecule has 3 aromatic rings. The molecule has 0 fully saturated rings. The first-order valence-electron chi connectivity index (χ1n) is 10.3. The van der Waals surface area contributed by atoms with Crippen molar-refractivity contribution < 1.29 is 24.6 Å². The average molecular weight is 463 g/mol. The number of Topliss-reactive ketones (excluding diaryl/α,β-unsaturated/α-hetero) is 2. The molecule has 0 bridgehead atoms. The molecule has 0 spiro atoms. The predicted octanol–water partition coefficient (Wildman–Crippen LogP) is 4.76. The third kappa shape index (κ3) is 3.82. The van der Waals surface area contributed by atoms with Gasteiger partial charge in [-0.3, -0.25) is 19.3 Å². The Morgan fingerprint density at radius 2 is 1.70 bits per heavy atom. The maximum atomic E-state index is 13.7. The van der Waals surface area contributed by atoms with Gasteiger partial charge in [-0.05, 0) is 50.1 Å². The third-order valence-corrected chi connectivity index (χ3v) is 6.87. The number of anilines is 1. The molecule has 33 heavy (non-hydrogen) atoms. The topological polar surface area (TPSA) is 108 Å². The van der Waals surface area contributed by atoms with Crippen molar-refractivity contribution in [2.45, 2.75) is 33.7 Å². The van der Waals surface area contributed by atoms with E-state index in [-0.39, 0.29) is 22.2 Å². The van der Waals surface area contributed by atoms with Crippen LogP contribution in [0.2, 0.25) is 0 Å². The number of rotatable bonds is 5. The molecule has 0 saturated carbocycles. The van der Waals surface area contributed by atoms with Gasteiger partial charge in [0.05, 0.1) is 22.2 Å². The molecule has 7 nitrogen and oxygen atoms in total. The number of aliphatic hydroxyl groups is 1. The zero-order chi connectivity index (χ0) is 24.0. The molecule has 1 aliphatic rings. The summed E-state index contributed by atoms with van der Waals surface area (Å²) < 4.78 is 0. The van der Waals surface area contributed by atoms with Crippen LogP contribution in [0, 0.1) is 20.8 Å². The molecule has 2 aromatic carbocycles. The quantitative estimate of drug-likeness (QED) is 0.530. The Morgan fingerprint density at radius 1 is 1.03 bits per heavy atom. The van der Waals surface area contributed by atoms with E-state index < -0.39 is 23.5 Å². The molecule has 4 rings (SSSR count). The molecule has 2 N–H and O–H groups in total. The van der Waals surface area contributed by atoms with E-state index in [0.29, 0.717) is 27.3 Å². The summed E-state index contributed by atoms with van der Waals surface area (Å²) in [4.78, 5) is 44.9. The Bertz CT molecular complexity index is 1340. The molecular weight excluding hydrogens is 440 g/mol. The SMILES string of the molecule is CC(=O)c1sc(N2C(=O)C(O)=C(C(=O)c3cc(C)ccc3C)C2c2ccc(O)cc2)nc1C. The zero-order valence-corrected chi connectivity index (χ0v) is 19.4. The van der Waals surface area contributed by atoms with Crippen LogP contribution in [0.15, 0.2) is 53.8 Å². The maximum Gasteiger partial charge on any atom is 0.296 e. The number of hydrogen-bond acceptors (Lipinski definition) is 7. The first kappa shape index (κ1) is 22.4. The highest BCUT2D eigenvalue weighted by Crippen LogP contribution is 2.44. The minimum atomic E-state index is -0.976. The first-order valence-corrected chi connectivity index (χ1v) is 11.1. The number of aromatic hydroxyl groups is 1. The summed E-state index contributed by atoms with van der Waals surface area (Å²) in [5, 5.41) is 20.8. The number of hydrogen-bond donors (Lipinski definition) is 2. The molecular formula is C25H22N2O5S. The molecule has 0 aliphatic carbocycles. The van der Waals surface area contributed by atoms with Crippen molar-refractivity contribution in [3.8, 4) is 5.75 Å². The molecule has 0 radical (unpaired) electrons. The Labute approximate surface area is 194 Å². The van der Waals surface area contributed by atoms with E-state index in [2.05, 4.69) is 4.98 Å². The van der Waals surface area contributed by atoms with E-state index in [1.807, 2.05) is 19.1 Å². The number of amides is 1. The van der Waals surface area contributed by atoms with Crippen LogP contribution in [-0.2, 0) is 4.79 Å². The number of benzene rings is 2. The summed E-state index contributed by atoms with van der Waals surface area (Å²) in [5.41, 5.74) is 2.87. The molecule has 1 unspecified atom stereocenters. The minimum Gasteiger partial charge on any atom is -0.508 e. The summed E-state index contributed by atoms with van der Waals surface area (Å²) in [7, 11) is 0. The third-order valence-electron chi connectivity index (χ3n) is 5.61. The van der Waals surface area contributed by atoms with Crippen molar-refractivity contribution in [1.29, 1.82) is 0 Å². The van der Waals surface area contributed by atoms with Gasteiger partial charge in [-0.15, -0.1) is 0 Å². The Balaban J connectivity index is 1.91. The summed E-state index contributed by atoms with van der Waals surface area (Å²) in [6.45, 7) is 6.73. The average Bonchev–Trinajstić information content (AvgIpc) is 3.27. The normalized spacial score (nSPS) is 15.9. The van der Waals surface area contributed by atoms with Gasteiger partial charge < -0.3 is 10.2 Å². The molecule has 1 amide bonds. The van der Waals surface area contributed by atoms with E-state index in [1.54, 1.807) is 32.0 Å². The van der Waals surface area contributed by atoms with Gasteiger partial charge in [0.2, 0.25) is 0 Å². The number of carbonyl (C=O) groups excluding carboxylic acids is 3. The van der Waals surface area contributed by atoms with Crippen LogP contribution in [0.5, 0.6) is 5.75 Å². The molecule has 1 aliphatic heterocycles. The van der Waals surface area contributed by atoms with Gasteiger partial charge in [0.25, 0.3) is 5.91 Å². The van der Waals surface area contributed by atoms with Crippen molar-refractivity contribution in [2.75, 3.05) is 4.90 Å². The lowest BCUT2D eigenvalue weighted by atomic mass is 9.90. The van der Waals surface area contributed by atoms with Gasteiger partial charge in [-0.25, -0.2) is 4.98 Å². The minimum absolute atomic E-state index is 0.0224.